The van der Waals surface area contributed by atoms with E-state index in [1.54, 1.807) is 20.8 Å². The number of esters is 1. The van der Waals surface area contributed by atoms with Gasteiger partial charge < -0.3 is 4.74 Å². The number of aromatic nitrogens is 2. The highest BCUT2D eigenvalue weighted by atomic mass is 32.2. The Hall–Kier alpha value is -3.47. The van der Waals surface area contributed by atoms with E-state index in [1.165, 1.54) is 43.5 Å². The van der Waals surface area contributed by atoms with Crippen molar-refractivity contribution in [3.05, 3.63) is 47.4 Å². The van der Waals surface area contributed by atoms with Crippen molar-refractivity contribution in [2.75, 3.05) is 17.6 Å². The highest BCUT2D eigenvalue weighted by molar-refractivity contribution is 7.92. The van der Waals surface area contributed by atoms with Crippen molar-refractivity contribution in [3.8, 4) is 11.3 Å². The zero-order chi connectivity index (χ0) is 28.1. The Kier molecular flexibility index (Phi) is 9.43. The van der Waals surface area contributed by atoms with Crippen LogP contribution in [0.5, 0.6) is 0 Å². The second-order valence-electron chi connectivity index (χ2n) is 9.84. The van der Waals surface area contributed by atoms with E-state index in [0.29, 0.717) is 16.8 Å². The quantitative estimate of drug-likeness (QED) is 0.254. The van der Waals surface area contributed by atoms with Crippen LogP contribution in [-0.4, -0.2) is 54.8 Å². The third-order valence-electron chi connectivity index (χ3n) is 4.98. The Labute approximate surface area is 216 Å². The average Bonchev–Trinajstić information content (AvgIpc) is 2.75. The summed E-state index contributed by atoms with van der Waals surface area (Å²) in [6.45, 7) is 8.70. The summed E-state index contributed by atoms with van der Waals surface area (Å²) in [6.07, 6.45) is 2.62. The minimum Gasteiger partial charge on any atom is -0.460 e. The van der Waals surface area contributed by atoms with Crippen molar-refractivity contribution in [3.63, 3.8) is 0 Å². The molecule has 2 rings (SSSR count). The number of halogens is 1. The first-order valence-electron chi connectivity index (χ1n) is 11.5. The predicted octanol–water partition coefficient (Wildman–Crippen LogP) is 4.08. The number of rotatable bonds is 10. The van der Waals surface area contributed by atoms with Gasteiger partial charge in [-0.05, 0) is 63.1 Å². The van der Waals surface area contributed by atoms with Crippen molar-refractivity contribution in [2.45, 2.75) is 59.0 Å². The minimum absolute atomic E-state index is 0.0819. The molecule has 0 unspecified atom stereocenters. The van der Waals surface area contributed by atoms with E-state index in [1.807, 2.05) is 13.8 Å². The monoisotopic (exact) mass is 533 g/mol. The van der Waals surface area contributed by atoms with Crippen LogP contribution in [0.4, 0.5) is 10.3 Å². The molecule has 0 saturated heterocycles. The molecular weight excluding hydrogens is 501 g/mol. The van der Waals surface area contributed by atoms with Crippen LogP contribution in [0.3, 0.4) is 0 Å². The van der Waals surface area contributed by atoms with Gasteiger partial charge in [0.05, 0.1) is 24.1 Å². The summed E-state index contributed by atoms with van der Waals surface area (Å²) in [4.78, 5) is 45.4. The van der Waals surface area contributed by atoms with Crippen LogP contribution in [0.15, 0.2) is 30.3 Å². The van der Waals surface area contributed by atoms with Gasteiger partial charge in [-0.25, -0.2) is 27.1 Å². The number of Topliss-reactive ketones (excluding diaryl/α,β-unsaturated/α-hetero) is 1. The number of ether oxygens (including phenoxy) is 1. The maximum Gasteiger partial charge on any atom is 0.313 e. The molecule has 9 nitrogen and oxygen atoms in total. The number of ketones is 2. The van der Waals surface area contributed by atoms with E-state index >= 15 is 0 Å². The molecule has 0 amide bonds. The Morgan fingerprint density at radius 2 is 1.68 bits per heavy atom. The lowest BCUT2D eigenvalue weighted by Crippen LogP contribution is -2.27. The molecule has 0 saturated carbocycles. The fourth-order valence-corrected chi connectivity index (χ4v) is 3.60. The number of sulfonamides is 1. The summed E-state index contributed by atoms with van der Waals surface area (Å²) in [5.74, 6) is -2.61. The van der Waals surface area contributed by atoms with E-state index < -0.39 is 51.8 Å². The van der Waals surface area contributed by atoms with Gasteiger partial charge in [0.1, 0.15) is 17.8 Å². The van der Waals surface area contributed by atoms with Gasteiger partial charge in [-0.15, -0.1) is 0 Å². The normalized spacial score (nSPS) is 12.1. The van der Waals surface area contributed by atoms with E-state index in [4.69, 9.17) is 4.74 Å². The fourth-order valence-electron chi connectivity index (χ4n) is 3.23. The van der Waals surface area contributed by atoms with Crippen LogP contribution in [-0.2, 0) is 29.1 Å². The molecule has 0 aliphatic carbocycles. The molecule has 2 aromatic rings. The van der Waals surface area contributed by atoms with E-state index in [-0.39, 0.29) is 17.6 Å². The van der Waals surface area contributed by atoms with Crippen molar-refractivity contribution in [1.82, 2.24) is 9.97 Å². The first kappa shape index (κ1) is 29.8. The Morgan fingerprint density at radius 3 is 2.19 bits per heavy atom. The van der Waals surface area contributed by atoms with Crippen molar-refractivity contribution >= 4 is 39.6 Å². The number of hydrogen-bond acceptors (Lipinski definition) is 8. The number of benzene rings is 1. The van der Waals surface area contributed by atoms with Crippen LogP contribution >= 0.6 is 0 Å². The van der Waals surface area contributed by atoms with Gasteiger partial charge >= 0.3 is 5.97 Å². The van der Waals surface area contributed by atoms with Gasteiger partial charge in [-0.3, -0.25) is 14.4 Å². The highest BCUT2D eigenvalue weighted by Crippen LogP contribution is 2.31. The molecule has 0 radical (unpaired) electrons. The molecule has 0 atom stereocenters. The molecule has 0 aliphatic heterocycles. The van der Waals surface area contributed by atoms with E-state index in [0.717, 1.165) is 10.6 Å². The van der Waals surface area contributed by atoms with Gasteiger partial charge in [-0.2, -0.15) is 0 Å². The molecule has 0 spiro atoms. The lowest BCUT2D eigenvalue weighted by Gasteiger charge is -2.20. The van der Waals surface area contributed by atoms with Crippen LogP contribution in [0.1, 0.15) is 64.6 Å². The largest absolute Gasteiger partial charge is 0.460 e. The zero-order valence-corrected chi connectivity index (χ0v) is 22.8. The van der Waals surface area contributed by atoms with Crippen molar-refractivity contribution in [2.24, 2.45) is 0 Å². The lowest BCUT2D eigenvalue weighted by molar-refractivity contribution is -0.156. The topological polar surface area (TPSA) is 124 Å². The molecule has 0 aliphatic rings. The molecule has 1 heterocycles. The molecule has 37 heavy (non-hydrogen) atoms. The molecule has 200 valence electrons. The van der Waals surface area contributed by atoms with Gasteiger partial charge in [0, 0.05) is 18.2 Å². The summed E-state index contributed by atoms with van der Waals surface area (Å²) in [5.41, 5.74) is 0.877. The standard InChI is InChI=1S/C26H32FN3O6S/c1-16(2)23-21(13-12-19(31)14-20(32)15-22(33)36-26(3,4)5)24(17-8-10-18(27)11-9-17)29-25(28-23)30(6)37(7,34)35/h8-13,16H,14-15H2,1-7H3/b13-12+. The number of hydrogen-bond donors (Lipinski definition) is 0. The van der Waals surface area contributed by atoms with E-state index in [9.17, 15) is 27.2 Å². The Balaban J connectivity index is 2.47. The van der Waals surface area contributed by atoms with Crippen LogP contribution in [0.25, 0.3) is 17.3 Å². The number of anilines is 1. The molecule has 1 aromatic heterocycles. The third-order valence-corrected chi connectivity index (χ3v) is 6.13. The second-order valence-corrected chi connectivity index (χ2v) is 11.9. The summed E-state index contributed by atoms with van der Waals surface area (Å²) >= 11 is 0. The van der Waals surface area contributed by atoms with Crippen LogP contribution in [0.2, 0.25) is 0 Å². The van der Waals surface area contributed by atoms with Crippen molar-refractivity contribution < 1.29 is 31.9 Å². The summed E-state index contributed by atoms with van der Waals surface area (Å²) in [7, 11) is -2.36. The SMILES string of the molecule is CC(C)c1nc(N(C)S(C)(=O)=O)nc(-c2ccc(F)cc2)c1/C=C/C(=O)CC(=O)CC(=O)OC(C)(C)C. The van der Waals surface area contributed by atoms with Crippen LogP contribution < -0.4 is 4.31 Å². The highest BCUT2D eigenvalue weighted by Gasteiger charge is 2.23. The first-order chi connectivity index (χ1) is 17.0. The minimum atomic E-state index is -3.68. The van der Waals surface area contributed by atoms with E-state index in [2.05, 4.69) is 9.97 Å². The Bertz CT molecular complexity index is 1310. The average molecular weight is 534 g/mol. The Morgan fingerprint density at radius 1 is 1.08 bits per heavy atom. The first-order valence-corrected chi connectivity index (χ1v) is 13.4. The predicted molar refractivity (Wildman–Crippen MR) is 139 cm³/mol. The summed E-state index contributed by atoms with van der Waals surface area (Å²) in [5, 5.41) is 0. The fraction of sp³-hybridized carbons (Fsp3) is 0.423. The van der Waals surface area contributed by atoms with Gasteiger partial charge in [0.2, 0.25) is 16.0 Å². The van der Waals surface area contributed by atoms with Crippen LogP contribution in [0, 0.1) is 5.82 Å². The maximum absolute atomic E-state index is 13.6. The number of nitrogens with zero attached hydrogens (tertiary/aromatic N) is 3. The molecule has 11 heteroatoms. The molecular formula is C26H32FN3O6S. The number of carbonyl (C=O) groups is 3. The maximum atomic E-state index is 13.6. The number of allylic oxidation sites excluding steroid dienone is 1. The molecule has 0 bridgehead atoms. The molecule has 0 N–H and O–H groups in total. The smallest absolute Gasteiger partial charge is 0.313 e. The van der Waals surface area contributed by atoms with Gasteiger partial charge in [0.25, 0.3) is 0 Å². The lowest BCUT2D eigenvalue weighted by atomic mass is 9.97. The second kappa shape index (κ2) is 11.7. The third kappa shape index (κ3) is 8.85. The van der Waals surface area contributed by atoms with Gasteiger partial charge in [-0.1, -0.05) is 13.8 Å². The van der Waals surface area contributed by atoms with Crippen molar-refractivity contribution in [1.29, 1.82) is 0 Å². The zero-order valence-electron chi connectivity index (χ0n) is 22.0. The summed E-state index contributed by atoms with van der Waals surface area (Å²) < 4.78 is 43.9. The number of carbonyl (C=O) groups excluding carboxylic acids is 3. The summed E-state index contributed by atoms with van der Waals surface area (Å²) in [6, 6.07) is 5.44. The van der Waals surface area contributed by atoms with Gasteiger partial charge in [0.15, 0.2) is 11.6 Å². The molecule has 1 aromatic carbocycles. The molecule has 0 fully saturated rings.